The van der Waals surface area contributed by atoms with Crippen molar-refractivity contribution in [1.82, 2.24) is 10.4 Å². The Morgan fingerprint density at radius 2 is 2.20 bits per heavy atom. The Kier molecular flexibility index (Phi) is 3.56. The maximum atomic E-state index is 5.89. The minimum atomic E-state index is -0.0618. The van der Waals surface area contributed by atoms with E-state index in [1.54, 1.807) is 11.3 Å². The van der Waals surface area contributed by atoms with Gasteiger partial charge in [-0.1, -0.05) is 11.6 Å². The van der Waals surface area contributed by atoms with Gasteiger partial charge in [0.15, 0.2) is 0 Å². The quantitative estimate of drug-likeness (QED) is 0.571. The van der Waals surface area contributed by atoms with Crippen LogP contribution in [0.15, 0.2) is 34.1 Å². The number of nitrogens with two attached hydrogens (primary N) is 1. The summed E-state index contributed by atoms with van der Waals surface area (Å²) in [4.78, 5) is 4.47. The molecule has 0 aliphatic heterocycles. The molecular formula is C15H17N3OS. The van der Waals surface area contributed by atoms with Gasteiger partial charge in [0.2, 0.25) is 0 Å². The van der Waals surface area contributed by atoms with Gasteiger partial charge in [-0.2, -0.15) is 0 Å². The molecule has 0 aliphatic carbocycles. The summed E-state index contributed by atoms with van der Waals surface area (Å²) in [5.41, 5.74) is 5.98. The van der Waals surface area contributed by atoms with Crippen LogP contribution in [0.1, 0.15) is 28.1 Å². The Hall–Kier alpha value is -1.69. The zero-order chi connectivity index (χ0) is 14.1. The van der Waals surface area contributed by atoms with Gasteiger partial charge in [-0.05, 0) is 32.0 Å². The number of fused-ring (bicyclic) bond motifs is 1. The third-order valence-corrected chi connectivity index (χ3v) is 4.27. The normalized spacial score (nSPS) is 12.9. The van der Waals surface area contributed by atoms with Crippen molar-refractivity contribution in [2.45, 2.75) is 26.3 Å². The molecule has 104 valence electrons. The first-order valence-electron chi connectivity index (χ1n) is 6.53. The average Bonchev–Trinajstić information content (AvgIpc) is 3.01. The summed E-state index contributed by atoms with van der Waals surface area (Å²) in [7, 11) is 0. The monoisotopic (exact) mass is 287 g/mol. The maximum absolute atomic E-state index is 5.89. The minimum absolute atomic E-state index is 0.0618. The van der Waals surface area contributed by atoms with Crippen LogP contribution in [0.25, 0.3) is 11.0 Å². The van der Waals surface area contributed by atoms with Gasteiger partial charge >= 0.3 is 0 Å². The van der Waals surface area contributed by atoms with Gasteiger partial charge in [0.1, 0.15) is 11.3 Å². The van der Waals surface area contributed by atoms with E-state index in [9.17, 15) is 0 Å². The lowest BCUT2D eigenvalue weighted by Gasteiger charge is -2.10. The molecular weight excluding hydrogens is 270 g/mol. The molecule has 0 radical (unpaired) electrons. The molecule has 1 atom stereocenters. The molecule has 1 aromatic carbocycles. The van der Waals surface area contributed by atoms with Gasteiger partial charge in [0, 0.05) is 22.9 Å². The number of hydrazine groups is 1. The SMILES string of the molecule is Cc1ccc2oc(C(Cc3nc(C)cs3)NN)cc2c1. The summed E-state index contributed by atoms with van der Waals surface area (Å²) in [6, 6.07) is 8.14. The van der Waals surface area contributed by atoms with E-state index in [0.717, 1.165) is 33.9 Å². The van der Waals surface area contributed by atoms with Crippen molar-refractivity contribution in [2.24, 2.45) is 5.84 Å². The number of furan rings is 1. The van der Waals surface area contributed by atoms with Crippen molar-refractivity contribution in [1.29, 1.82) is 0 Å². The van der Waals surface area contributed by atoms with E-state index in [4.69, 9.17) is 10.3 Å². The van der Waals surface area contributed by atoms with Crippen LogP contribution in [0.5, 0.6) is 0 Å². The number of thiazole rings is 1. The summed E-state index contributed by atoms with van der Waals surface area (Å²) >= 11 is 1.65. The van der Waals surface area contributed by atoms with Gasteiger partial charge in [-0.25, -0.2) is 10.4 Å². The van der Waals surface area contributed by atoms with Crippen LogP contribution in [0.2, 0.25) is 0 Å². The molecule has 20 heavy (non-hydrogen) atoms. The zero-order valence-electron chi connectivity index (χ0n) is 11.5. The Balaban J connectivity index is 1.90. The Bertz CT molecular complexity index is 732. The second kappa shape index (κ2) is 5.36. The molecule has 0 saturated heterocycles. The Morgan fingerprint density at radius 3 is 2.90 bits per heavy atom. The molecule has 0 saturated carbocycles. The Labute approximate surface area is 121 Å². The largest absolute Gasteiger partial charge is 0.459 e. The predicted octanol–water partition coefficient (Wildman–Crippen LogP) is 3.25. The van der Waals surface area contributed by atoms with Gasteiger partial charge < -0.3 is 4.42 Å². The van der Waals surface area contributed by atoms with E-state index in [1.807, 2.05) is 30.5 Å². The molecule has 4 nitrogen and oxygen atoms in total. The summed E-state index contributed by atoms with van der Waals surface area (Å²) in [6.07, 6.45) is 0.730. The number of aromatic nitrogens is 1. The highest BCUT2D eigenvalue weighted by Gasteiger charge is 2.17. The molecule has 5 heteroatoms. The standard InChI is InChI=1S/C15H17N3OS/c1-9-3-4-13-11(5-9)6-14(19-13)12(18-16)7-15-17-10(2)8-20-15/h3-6,8,12,18H,7,16H2,1-2H3. The van der Waals surface area contributed by atoms with Crippen molar-refractivity contribution in [2.75, 3.05) is 0 Å². The smallest absolute Gasteiger partial charge is 0.134 e. The van der Waals surface area contributed by atoms with E-state index in [-0.39, 0.29) is 6.04 Å². The molecule has 2 heterocycles. The van der Waals surface area contributed by atoms with E-state index < -0.39 is 0 Å². The third-order valence-electron chi connectivity index (χ3n) is 3.28. The Morgan fingerprint density at radius 1 is 1.35 bits per heavy atom. The van der Waals surface area contributed by atoms with Crippen LogP contribution in [-0.4, -0.2) is 4.98 Å². The van der Waals surface area contributed by atoms with E-state index in [2.05, 4.69) is 23.4 Å². The summed E-state index contributed by atoms with van der Waals surface area (Å²) in [5, 5.41) is 4.21. The molecule has 0 amide bonds. The fourth-order valence-electron chi connectivity index (χ4n) is 2.27. The molecule has 2 aromatic heterocycles. The number of hydrogen-bond donors (Lipinski definition) is 2. The van der Waals surface area contributed by atoms with Crippen LogP contribution in [0, 0.1) is 13.8 Å². The van der Waals surface area contributed by atoms with Crippen LogP contribution >= 0.6 is 11.3 Å². The second-order valence-electron chi connectivity index (χ2n) is 5.00. The first-order chi connectivity index (χ1) is 9.65. The summed E-state index contributed by atoms with van der Waals surface area (Å²) < 4.78 is 5.89. The summed E-state index contributed by atoms with van der Waals surface area (Å²) in [5.74, 6) is 6.53. The van der Waals surface area contributed by atoms with Crippen molar-refractivity contribution >= 4 is 22.3 Å². The third kappa shape index (κ3) is 2.60. The number of benzene rings is 1. The lowest BCUT2D eigenvalue weighted by molar-refractivity contribution is 0.434. The minimum Gasteiger partial charge on any atom is -0.459 e. The fraction of sp³-hybridized carbons (Fsp3) is 0.267. The van der Waals surface area contributed by atoms with E-state index in [1.165, 1.54) is 5.56 Å². The van der Waals surface area contributed by atoms with E-state index >= 15 is 0 Å². The molecule has 1 unspecified atom stereocenters. The van der Waals surface area contributed by atoms with Gasteiger partial charge in [0.05, 0.1) is 11.0 Å². The van der Waals surface area contributed by atoms with Crippen LogP contribution in [0.3, 0.4) is 0 Å². The number of nitrogens with one attached hydrogen (secondary N) is 1. The number of rotatable bonds is 4. The van der Waals surface area contributed by atoms with E-state index in [0.29, 0.717) is 0 Å². The highest BCUT2D eigenvalue weighted by molar-refractivity contribution is 7.09. The molecule has 3 N–H and O–H groups in total. The van der Waals surface area contributed by atoms with Crippen molar-refractivity contribution in [3.8, 4) is 0 Å². The molecule has 3 aromatic rings. The van der Waals surface area contributed by atoms with Crippen LogP contribution in [-0.2, 0) is 6.42 Å². The fourth-order valence-corrected chi connectivity index (χ4v) is 3.09. The van der Waals surface area contributed by atoms with Crippen molar-refractivity contribution < 1.29 is 4.42 Å². The lowest BCUT2D eigenvalue weighted by atomic mass is 10.1. The zero-order valence-corrected chi connectivity index (χ0v) is 12.3. The van der Waals surface area contributed by atoms with Crippen molar-refractivity contribution in [3.63, 3.8) is 0 Å². The summed E-state index contributed by atoms with van der Waals surface area (Å²) in [6.45, 7) is 4.07. The number of hydrogen-bond acceptors (Lipinski definition) is 5. The highest BCUT2D eigenvalue weighted by Crippen LogP contribution is 2.27. The first kappa shape index (κ1) is 13.3. The molecule has 0 aliphatic rings. The van der Waals surface area contributed by atoms with Gasteiger partial charge in [-0.15, -0.1) is 11.3 Å². The number of aryl methyl sites for hydroxylation is 2. The van der Waals surface area contributed by atoms with Crippen molar-refractivity contribution in [3.05, 3.63) is 51.7 Å². The average molecular weight is 287 g/mol. The van der Waals surface area contributed by atoms with Crippen LogP contribution in [0.4, 0.5) is 0 Å². The highest BCUT2D eigenvalue weighted by atomic mass is 32.1. The molecule has 0 bridgehead atoms. The maximum Gasteiger partial charge on any atom is 0.134 e. The topological polar surface area (TPSA) is 64.1 Å². The molecule has 3 rings (SSSR count). The molecule has 0 fully saturated rings. The van der Waals surface area contributed by atoms with Crippen LogP contribution < -0.4 is 11.3 Å². The first-order valence-corrected chi connectivity index (χ1v) is 7.41. The predicted molar refractivity (Wildman–Crippen MR) is 81.6 cm³/mol. The van der Waals surface area contributed by atoms with Gasteiger partial charge in [0.25, 0.3) is 0 Å². The number of nitrogens with zero attached hydrogens (tertiary/aromatic N) is 1. The second-order valence-corrected chi connectivity index (χ2v) is 5.94. The lowest BCUT2D eigenvalue weighted by Crippen LogP contribution is -2.29. The molecule has 0 spiro atoms. The van der Waals surface area contributed by atoms with Gasteiger partial charge in [-0.3, -0.25) is 5.84 Å².